The lowest BCUT2D eigenvalue weighted by atomic mass is 10.3. The minimum absolute atomic E-state index is 0.384. The van der Waals surface area contributed by atoms with Gasteiger partial charge in [0.15, 0.2) is 0 Å². The Balaban J connectivity index is 2.24. The molecular weight excluding hydrogens is 256 g/mol. The Morgan fingerprint density at radius 2 is 2.35 bits per heavy atom. The Bertz CT molecular complexity index is 526. The lowest BCUT2D eigenvalue weighted by molar-refractivity contribution is 0.413. The van der Waals surface area contributed by atoms with Crippen molar-refractivity contribution in [1.82, 2.24) is 4.98 Å². The van der Waals surface area contributed by atoms with E-state index in [0.717, 1.165) is 5.01 Å². The van der Waals surface area contributed by atoms with Crippen LogP contribution in [0.3, 0.4) is 0 Å². The highest BCUT2D eigenvalue weighted by Crippen LogP contribution is 2.24. The molecule has 1 atom stereocenters. The molecule has 0 amide bonds. The molecule has 0 aliphatic heterocycles. The predicted octanol–water partition coefficient (Wildman–Crippen LogP) is 2.04. The maximum Gasteiger partial charge on any atom is 0.120 e. The monoisotopic (exact) mass is 268 g/mol. The van der Waals surface area contributed by atoms with Gasteiger partial charge in [-0.2, -0.15) is 0 Å². The zero-order valence-corrected chi connectivity index (χ0v) is 10.9. The van der Waals surface area contributed by atoms with Crippen LogP contribution in [0.2, 0.25) is 0 Å². The summed E-state index contributed by atoms with van der Waals surface area (Å²) in [6.45, 7) is 0. The largest absolute Gasteiger partial charge is 0.497 e. The van der Waals surface area contributed by atoms with Gasteiger partial charge in [0.2, 0.25) is 0 Å². The second-order valence-corrected chi connectivity index (χ2v) is 5.72. The molecule has 0 radical (unpaired) electrons. The standard InChI is InChI=1S/C11H12N2O2S2/c1-15-8-2-3-9(12)10(6-8)17(14)7-11-13-4-5-16-11/h2-6H,7,12H2,1H3. The van der Waals surface area contributed by atoms with Gasteiger partial charge in [0.05, 0.1) is 28.6 Å². The van der Waals surface area contributed by atoms with Crippen LogP contribution < -0.4 is 10.5 Å². The van der Waals surface area contributed by atoms with Crippen LogP contribution in [-0.4, -0.2) is 16.3 Å². The summed E-state index contributed by atoms with van der Waals surface area (Å²) in [6.07, 6.45) is 1.70. The predicted molar refractivity (Wildman–Crippen MR) is 69.6 cm³/mol. The van der Waals surface area contributed by atoms with Gasteiger partial charge in [0.1, 0.15) is 10.8 Å². The van der Waals surface area contributed by atoms with Crippen LogP contribution >= 0.6 is 11.3 Å². The highest BCUT2D eigenvalue weighted by molar-refractivity contribution is 7.84. The van der Waals surface area contributed by atoms with E-state index in [1.165, 1.54) is 11.3 Å². The summed E-state index contributed by atoms with van der Waals surface area (Å²) in [6, 6.07) is 5.16. The average molecular weight is 268 g/mol. The molecule has 0 saturated heterocycles. The molecule has 0 fully saturated rings. The smallest absolute Gasteiger partial charge is 0.120 e. The summed E-state index contributed by atoms with van der Waals surface area (Å²) in [5.41, 5.74) is 6.32. The van der Waals surface area contributed by atoms with Crippen molar-refractivity contribution >= 4 is 27.8 Å². The summed E-state index contributed by atoms with van der Waals surface area (Å²) in [5.74, 6) is 1.04. The Hall–Kier alpha value is -1.40. The molecule has 1 heterocycles. The molecule has 1 unspecified atom stereocenters. The lowest BCUT2D eigenvalue weighted by Crippen LogP contribution is -2.01. The Labute approximate surface area is 106 Å². The highest BCUT2D eigenvalue weighted by Gasteiger charge is 2.11. The zero-order chi connectivity index (χ0) is 12.3. The second kappa shape index (κ2) is 5.29. The Morgan fingerprint density at radius 3 is 3.00 bits per heavy atom. The first kappa shape index (κ1) is 12.1. The molecule has 2 N–H and O–H groups in total. The first-order valence-corrected chi connectivity index (χ1v) is 7.11. The zero-order valence-electron chi connectivity index (χ0n) is 9.25. The quantitative estimate of drug-likeness (QED) is 0.862. The van der Waals surface area contributed by atoms with Crippen molar-refractivity contribution in [3.05, 3.63) is 34.8 Å². The number of ether oxygens (including phenoxy) is 1. The summed E-state index contributed by atoms with van der Waals surface area (Å²) in [5, 5.41) is 2.70. The van der Waals surface area contributed by atoms with Gasteiger partial charge in [-0.1, -0.05) is 0 Å². The first-order valence-electron chi connectivity index (χ1n) is 4.91. The van der Waals surface area contributed by atoms with E-state index in [0.29, 0.717) is 22.1 Å². The van der Waals surface area contributed by atoms with Crippen LogP contribution in [0, 0.1) is 0 Å². The van der Waals surface area contributed by atoms with Crippen LogP contribution in [-0.2, 0) is 16.6 Å². The SMILES string of the molecule is COc1ccc(N)c(S(=O)Cc2nccs2)c1. The molecule has 0 aliphatic rings. The van der Waals surface area contributed by atoms with Crippen LogP contribution in [0.5, 0.6) is 5.75 Å². The molecule has 90 valence electrons. The highest BCUT2D eigenvalue weighted by atomic mass is 32.2. The van der Waals surface area contributed by atoms with Crippen LogP contribution in [0.1, 0.15) is 5.01 Å². The average Bonchev–Trinajstić information content (AvgIpc) is 2.82. The lowest BCUT2D eigenvalue weighted by Gasteiger charge is -2.07. The summed E-state index contributed by atoms with van der Waals surface area (Å²) >= 11 is 1.49. The van der Waals surface area contributed by atoms with Gasteiger partial charge in [-0.25, -0.2) is 4.98 Å². The number of hydrogen-bond donors (Lipinski definition) is 1. The van der Waals surface area contributed by atoms with E-state index in [9.17, 15) is 4.21 Å². The molecule has 0 aliphatic carbocycles. The second-order valence-electron chi connectivity index (χ2n) is 3.32. The van der Waals surface area contributed by atoms with Gasteiger partial charge in [0.25, 0.3) is 0 Å². The van der Waals surface area contributed by atoms with Gasteiger partial charge in [-0.15, -0.1) is 11.3 Å². The van der Waals surface area contributed by atoms with Gasteiger partial charge < -0.3 is 10.5 Å². The molecule has 0 saturated carbocycles. The van der Waals surface area contributed by atoms with Crippen molar-refractivity contribution in [1.29, 1.82) is 0 Å². The van der Waals surface area contributed by atoms with Crippen LogP contribution in [0.15, 0.2) is 34.7 Å². The first-order chi connectivity index (χ1) is 8.20. The molecular formula is C11H12N2O2S2. The van der Waals surface area contributed by atoms with Gasteiger partial charge in [0, 0.05) is 17.3 Å². The molecule has 6 heteroatoms. The van der Waals surface area contributed by atoms with Crippen LogP contribution in [0.4, 0.5) is 5.69 Å². The Kier molecular flexibility index (Phi) is 3.75. The number of nitrogens with zero attached hydrogens (tertiary/aromatic N) is 1. The van der Waals surface area contributed by atoms with E-state index in [4.69, 9.17) is 10.5 Å². The number of nitrogen functional groups attached to an aromatic ring is 1. The topological polar surface area (TPSA) is 65.2 Å². The maximum absolute atomic E-state index is 12.1. The minimum Gasteiger partial charge on any atom is -0.497 e. The third kappa shape index (κ3) is 2.83. The maximum atomic E-state index is 12.1. The van der Waals surface area contributed by atoms with Crippen molar-refractivity contribution in [2.45, 2.75) is 10.6 Å². The number of hydrogen-bond acceptors (Lipinski definition) is 5. The number of rotatable bonds is 4. The van der Waals surface area contributed by atoms with Gasteiger partial charge >= 0.3 is 0 Å². The molecule has 17 heavy (non-hydrogen) atoms. The van der Waals surface area contributed by atoms with E-state index in [2.05, 4.69) is 4.98 Å². The molecule has 2 aromatic rings. The number of nitrogens with two attached hydrogens (primary N) is 1. The third-order valence-corrected chi connectivity index (χ3v) is 4.55. The fraction of sp³-hybridized carbons (Fsp3) is 0.182. The van der Waals surface area contributed by atoms with E-state index in [-0.39, 0.29) is 0 Å². The minimum atomic E-state index is -1.19. The number of anilines is 1. The Morgan fingerprint density at radius 1 is 1.53 bits per heavy atom. The normalized spacial score (nSPS) is 12.3. The molecule has 4 nitrogen and oxygen atoms in total. The van der Waals surface area contributed by atoms with Gasteiger partial charge in [-0.3, -0.25) is 4.21 Å². The number of methoxy groups -OCH3 is 1. The summed E-state index contributed by atoms with van der Waals surface area (Å²) < 4.78 is 17.2. The van der Waals surface area contributed by atoms with Crippen molar-refractivity contribution in [2.24, 2.45) is 0 Å². The molecule has 1 aromatic heterocycles. The third-order valence-electron chi connectivity index (χ3n) is 2.20. The van der Waals surface area contributed by atoms with Crippen molar-refractivity contribution in [2.75, 3.05) is 12.8 Å². The van der Waals surface area contributed by atoms with Crippen molar-refractivity contribution in [3.63, 3.8) is 0 Å². The van der Waals surface area contributed by atoms with Gasteiger partial charge in [-0.05, 0) is 18.2 Å². The fourth-order valence-electron chi connectivity index (χ4n) is 1.35. The van der Waals surface area contributed by atoms with Crippen molar-refractivity contribution in [3.8, 4) is 5.75 Å². The fourth-order valence-corrected chi connectivity index (χ4v) is 3.38. The summed E-state index contributed by atoms with van der Waals surface area (Å²) in [4.78, 5) is 4.70. The van der Waals surface area contributed by atoms with E-state index >= 15 is 0 Å². The van der Waals surface area contributed by atoms with E-state index in [1.807, 2.05) is 5.38 Å². The summed E-state index contributed by atoms with van der Waals surface area (Å²) in [7, 11) is 0.375. The van der Waals surface area contributed by atoms with Crippen LogP contribution in [0.25, 0.3) is 0 Å². The van der Waals surface area contributed by atoms with Crippen molar-refractivity contribution < 1.29 is 8.95 Å². The molecule has 1 aromatic carbocycles. The molecule has 2 rings (SSSR count). The van der Waals surface area contributed by atoms with E-state index in [1.54, 1.807) is 31.5 Å². The molecule has 0 bridgehead atoms. The van der Waals surface area contributed by atoms with E-state index < -0.39 is 10.8 Å². The number of aromatic nitrogens is 1. The number of benzene rings is 1. The molecule has 0 spiro atoms. The number of thiazole rings is 1.